The number of hydrogen-bond acceptors (Lipinski definition) is 2. The monoisotopic (exact) mass is 339 g/mol. The first-order valence-corrected chi connectivity index (χ1v) is 7.53. The molecule has 2 N–H and O–H groups in total. The molecule has 0 saturated heterocycles. The second-order valence-electron chi connectivity index (χ2n) is 5.24. The van der Waals surface area contributed by atoms with Gasteiger partial charge in [0.1, 0.15) is 23.2 Å². The summed E-state index contributed by atoms with van der Waals surface area (Å²) in [5.74, 6) is 1.58. The van der Waals surface area contributed by atoms with Crippen LogP contribution in [0, 0.1) is 11.7 Å². The molecule has 108 valence electrons. The molecule has 0 bridgehead atoms. The number of benzene rings is 1. The molecule has 0 aliphatic carbocycles. The number of nitrogen functional groups attached to an aromatic ring is 1. The Morgan fingerprint density at radius 1 is 1.40 bits per heavy atom. The molecule has 0 aliphatic heterocycles. The van der Waals surface area contributed by atoms with E-state index in [2.05, 4.69) is 34.8 Å². The van der Waals surface area contributed by atoms with Crippen molar-refractivity contribution in [3.8, 4) is 11.3 Å². The van der Waals surface area contributed by atoms with E-state index in [9.17, 15) is 4.39 Å². The van der Waals surface area contributed by atoms with Gasteiger partial charge in [0.25, 0.3) is 0 Å². The highest BCUT2D eigenvalue weighted by Gasteiger charge is 2.18. The zero-order chi connectivity index (χ0) is 14.9. The van der Waals surface area contributed by atoms with E-state index < -0.39 is 0 Å². The van der Waals surface area contributed by atoms with Gasteiger partial charge in [0.15, 0.2) is 0 Å². The highest BCUT2D eigenvalue weighted by molar-refractivity contribution is 9.10. The maximum Gasteiger partial charge on any atom is 0.133 e. The zero-order valence-corrected chi connectivity index (χ0v) is 13.5. The number of nitrogens with zero attached hydrogens (tertiary/aromatic N) is 2. The maximum atomic E-state index is 14.1. The largest absolute Gasteiger partial charge is 0.383 e. The Labute approximate surface area is 127 Å². The fourth-order valence-electron chi connectivity index (χ4n) is 2.23. The van der Waals surface area contributed by atoms with Gasteiger partial charge in [-0.3, -0.25) is 0 Å². The maximum absolute atomic E-state index is 14.1. The summed E-state index contributed by atoms with van der Waals surface area (Å²) in [5.41, 5.74) is 7.17. The number of aromatic nitrogens is 2. The molecule has 0 saturated carbocycles. The van der Waals surface area contributed by atoms with Crippen molar-refractivity contribution in [2.75, 3.05) is 5.73 Å². The fourth-order valence-corrected chi connectivity index (χ4v) is 2.57. The standard InChI is InChI=1S/C15H19BrFN3/c1-4-13-19-14(15(18)20(13)8-9(2)3)11-6-5-10(16)7-12(11)17/h5-7,9H,4,8,18H2,1-3H3. The molecule has 3 nitrogen and oxygen atoms in total. The Morgan fingerprint density at radius 2 is 2.10 bits per heavy atom. The molecule has 5 heteroatoms. The van der Waals surface area contributed by atoms with Crippen molar-refractivity contribution >= 4 is 21.7 Å². The van der Waals surface area contributed by atoms with Crippen LogP contribution < -0.4 is 5.73 Å². The van der Waals surface area contributed by atoms with Crippen LogP contribution in [-0.4, -0.2) is 9.55 Å². The van der Waals surface area contributed by atoms with Crippen LogP contribution >= 0.6 is 15.9 Å². The molecule has 2 rings (SSSR count). The summed E-state index contributed by atoms with van der Waals surface area (Å²) in [6.07, 6.45) is 0.773. The average Bonchev–Trinajstić information content (AvgIpc) is 2.67. The van der Waals surface area contributed by atoms with Gasteiger partial charge < -0.3 is 10.3 Å². The van der Waals surface area contributed by atoms with E-state index in [4.69, 9.17) is 5.73 Å². The third-order valence-electron chi connectivity index (χ3n) is 3.14. The zero-order valence-electron chi connectivity index (χ0n) is 12.0. The summed E-state index contributed by atoms with van der Waals surface area (Å²) in [6, 6.07) is 4.93. The van der Waals surface area contributed by atoms with Crippen molar-refractivity contribution in [2.24, 2.45) is 5.92 Å². The number of halogens is 2. The molecule has 20 heavy (non-hydrogen) atoms. The molecule has 0 radical (unpaired) electrons. The van der Waals surface area contributed by atoms with Crippen molar-refractivity contribution < 1.29 is 4.39 Å². The van der Waals surface area contributed by atoms with Gasteiger partial charge in [0, 0.05) is 23.0 Å². The first-order chi connectivity index (χ1) is 9.43. The van der Waals surface area contributed by atoms with Crippen LogP contribution in [0.25, 0.3) is 11.3 Å². The molecular formula is C15H19BrFN3. The molecule has 1 aromatic carbocycles. The average molecular weight is 340 g/mol. The number of imidazole rings is 1. The lowest BCUT2D eigenvalue weighted by Crippen LogP contribution is -2.11. The number of rotatable bonds is 4. The summed E-state index contributed by atoms with van der Waals surface area (Å²) in [7, 11) is 0. The van der Waals surface area contributed by atoms with Crippen LogP contribution in [0.1, 0.15) is 26.6 Å². The van der Waals surface area contributed by atoms with Crippen LogP contribution in [0.3, 0.4) is 0 Å². The van der Waals surface area contributed by atoms with Crippen LogP contribution in [0.15, 0.2) is 22.7 Å². The van der Waals surface area contributed by atoms with Gasteiger partial charge in [-0.05, 0) is 24.1 Å². The fraction of sp³-hybridized carbons (Fsp3) is 0.400. The molecule has 1 aromatic heterocycles. The lowest BCUT2D eigenvalue weighted by atomic mass is 10.1. The van der Waals surface area contributed by atoms with Gasteiger partial charge >= 0.3 is 0 Å². The lowest BCUT2D eigenvalue weighted by molar-refractivity contribution is 0.513. The van der Waals surface area contributed by atoms with Gasteiger partial charge in [-0.15, -0.1) is 0 Å². The third-order valence-corrected chi connectivity index (χ3v) is 3.63. The number of hydrogen-bond donors (Lipinski definition) is 1. The van der Waals surface area contributed by atoms with Crippen molar-refractivity contribution in [1.29, 1.82) is 0 Å². The minimum absolute atomic E-state index is 0.317. The Hall–Kier alpha value is -1.36. The lowest BCUT2D eigenvalue weighted by Gasteiger charge is -2.11. The second kappa shape index (κ2) is 5.95. The quantitative estimate of drug-likeness (QED) is 0.904. The normalized spacial score (nSPS) is 11.3. The molecule has 0 spiro atoms. The highest BCUT2D eigenvalue weighted by Crippen LogP contribution is 2.30. The Bertz CT molecular complexity index is 620. The predicted octanol–water partition coefficient (Wildman–Crippen LogP) is 4.25. The summed E-state index contributed by atoms with van der Waals surface area (Å²) >= 11 is 3.26. The summed E-state index contributed by atoms with van der Waals surface area (Å²) in [5, 5.41) is 0. The van der Waals surface area contributed by atoms with Gasteiger partial charge in [-0.1, -0.05) is 36.7 Å². The van der Waals surface area contributed by atoms with E-state index >= 15 is 0 Å². The van der Waals surface area contributed by atoms with Crippen molar-refractivity contribution in [2.45, 2.75) is 33.7 Å². The Kier molecular flexibility index (Phi) is 4.48. The van der Waals surface area contributed by atoms with Gasteiger partial charge in [-0.2, -0.15) is 0 Å². The Morgan fingerprint density at radius 3 is 2.65 bits per heavy atom. The highest BCUT2D eigenvalue weighted by atomic mass is 79.9. The third kappa shape index (κ3) is 2.87. The van der Waals surface area contributed by atoms with E-state index in [1.807, 2.05) is 11.5 Å². The van der Waals surface area contributed by atoms with Crippen molar-refractivity contribution in [1.82, 2.24) is 9.55 Å². The first kappa shape index (κ1) is 15.0. The number of nitrogens with two attached hydrogens (primary N) is 1. The van der Waals surface area contributed by atoms with Crippen LogP contribution in [0.5, 0.6) is 0 Å². The molecule has 0 atom stereocenters. The van der Waals surface area contributed by atoms with Crippen LogP contribution in [0.4, 0.5) is 10.2 Å². The molecule has 0 unspecified atom stereocenters. The molecule has 2 aromatic rings. The summed E-state index contributed by atoms with van der Waals surface area (Å²) in [6.45, 7) is 7.07. The van der Waals surface area contributed by atoms with Crippen LogP contribution in [-0.2, 0) is 13.0 Å². The minimum atomic E-state index is -0.317. The Balaban J connectivity index is 2.54. The second-order valence-corrected chi connectivity index (χ2v) is 6.16. The van der Waals surface area contributed by atoms with E-state index in [-0.39, 0.29) is 5.82 Å². The summed E-state index contributed by atoms with van der Waals surface area (Å²) in [4.78, 5) is 4.52. The molecular weight excluding hydrogens is 321 g/mol. The topological polar surface area (TPSA) is 43.8 Å². The molecule has 0 fully saturated rings. The number of anilines is 1. The van der Waals surface area contributed by atoms with Gasteiger partial charge in [0.2, 0.25) is 0 Å². The van der Waals surface area contributed by atoms with E-state index in [0.29, 0.717) is 27.5 Å². The van der Waals surface area contributed by atoms with Gasteiger partial charge in [-0.25, -0.2) is 9.37 Å². The predicted molar refractivity (Wildman–Crippen MR) is 83.9 cm³/mol. The molecule has 1 heterocycles. The first-order valence-electron chi connectivity index (χ1n) is 6.74. The smallest absolute Gasteiger partial charge is 0.133 e. The molecule has 0 amide bonds. The van der Waals surface area contributed by atoms with Gasteiger partial charge in [0.05, 0.1) is 0 Å². The molecule has 0 aliphatic rings. The minimum Gasteiger partial charge on any atom is -0.383 e. The van der Waals surface area contributed by atoms with Crippen molar-refractivity contribution in [3.63, 3.8) is 0 Å². The number of aryl methyl sites for hydroxylation is 1. The van der Waals surface area contributed by atoms with E-state index in [1.54, 1.807) is 12.1 Å². The SMILES string of the molecule is CCc1nc(-c2ccc(Br)cc2F)c(N)n1CC(C)C. The summed E-state index contributed by atoms with van der Waals surface area (Å²) < 4.78 is 16.8. The van der Waals surface area contributed by atoms with Crippen molar-refractivity contribution in [3.05, 3.63) is 34.3 Å². The van der Waals surface area contributed by atoms with E-state index in [1.165, 1.54) is 6.07 Å². The van der Waals surface area contributed by atoms with Crippen LogP contribution in [0.2, 0.25) is 0 Å². The van der Waals surface area contributed by atoms with E-state index in [0.717, 1.165) is 18.8 Å².